The SMILES string of the molecule is CC(=O)OC1C=C2C(=O)OCC2C2(C)CCC3C(C)(C)CCCC3(C)C12. The minimum absolute atomic E-state index is 0.0605. The summed E-state index contributed by atoms with van der Waals surface area (Å²) >= 11 is 0. The predicted molar refractivity (Wildman–Crippen MR) is 98.1 cm³/mol. The summed E-state index contributed by atoms with van der Waals surface area (Å²) in [6.45, 7) is 11.5. The summed E-state index contributed by atoms with van der Waals surface area (Å²) in [6.07, 6.45) is 7.51. The second kappa shape index (κ2) is 5.59. The molecule has 144 valence electrons. The molecule has 0 aromatic carbocycles. The van der Waals surface area contributed by atoms with Crippen molar-refractivity contribution in [2.75, 3.05) is 6.61 Å². The first-order valence-electron chi connectivity index (χ1n) is 10.2. The maximum absolute atomic E-state index is 12.3. The number of ether oxygens (including phenoxy) is 2. The van der Waals surface area contributed by atoms with Gasteiger partial charge < -0.3 is 9.47 Å². The second-order valence-electron chi connectivity index (χ2n) is 10.3. The van der Waals surface area contributed by atoms with E-state index in [0.29, 0.717) is 17.9 Å². The molecular weight excluding hydrogens is 328 g/mol. The average Bonchev–Trinajstić information content (AvgIpc) is 2.87. The molecule has 1 aliphatic heterocycles. The molecule has 4 aliphatic rings. The van der Waals surface area contributed by atoms with Gasteiger partial charge in [0.05, 0.1) is 6.61 Å². The normalized spacial score (nSPS) is 46.3. The van der Waals surface area contributed by atoms with E-state index in [1.807, 2.05) is 6.08 Å². The maximum Gasteiger partial charge on any atom is 0.334 e. The molecule has 4 rings (SSSR count). The average molecular weight is 360 g/mol. The number of hydrogen-bond donors (Lipinski definition) is 0. The fourth-order valence-corrected chi connectivity index (χ4v) is 7.54. The van der Waals surface area contributed by atoms with Crippen LogP contribution in [-0.2, 0) is 19.1 Å². The van der Waals surface area contributed by atoms with Crippen molar-refractivity contribution in [2.24, 2.45) is 34.0 Å². The van der Waals surface area contributed by atoms with Crippen molar-refractivity contribution < 1.29 is 19.1 Å². The molecule has 26 heavy (non-hydrogen) atoms. The van der Waals surface area contributed by atoms with E-state index in [9.17, 15) is 9.59 Å². The number of hydrogen-bond acceptors (Lipinski definition) is 4. The van der Waals surface area contributed by atoms with Crippen molar-refractivity contribution in [1.29, 1.82) is 0 Å². The van der Waals surface area contributed by atoms with Crippen molar-refractivity contribution in [3.63, 3.8) is 0 Å². The van der Waals surface area contributed by atoms with Crippen LogP contribution in [0.15, 0.2) is 11.6 Å². The van der Waals surface area contributed by atoms with Crippen LogP contribution in [0.3, 0.4) is 0 Å². The van der Waals surface area contributed by atoms with E-state index in [1.54, 1.807) is 0 Å². The topological polar surface area (TPSA) is 52.6 Å². The number of rotatable bonds is 1. The Hall–Kier alpha value is -1.32. The number of carbonyl (C=O) groups is 2. The smallest absolute Gasteiger partial charge is 0.334 e. The van der Waals surface area contributed by atoms with Gasteiger partial charge in [0, 0.05) is 24.3 Å². The molecule has 3 fully saturated rings. The Morgan fingerprint density at radius 2 is 1.88 bits per heavy atom. The molecule has 6 unspecified atom stereocenters. The molecule has 0 aromatic rings. The zero-order valence-corrected chi connectivity index (χ0v) is 16.8. The Morgan fingerprint density at radius 1 is 1.15 bits per heavy atom. The maximum atomic E-state index is 12.3. The van der Waals surface area contributed by atoms with Gasteiger partial charge in [-0.2, -0.15) is 0 Å². The van der Waals surface area contributed by atoms with Gasteiger partial charge in [0.15, 0.2) is 0 Å². The molecule has 0 amide bonds. The molecule has 0 aromatic heterocycles. The van der Waals surface area contributed by atoms with Crippen LogP contribution >= 0.6 is 0 Å². The van der Waals surface area contributed by atoms with Gasteiger partial charge in [-0.3, -0.25) is 4.79 Å². The molecule has 0 bridgehead atoms. The standard InChI is InChI=1S/C22H32O4/c1-13(23)26-16-11-14-15(12-25-19(14)24)21(4)10-7-17-20(2,3)8-6-9-22(17,5)18(16)21/h11,15-18H,6-10,12H2,1-5H3. The fourth-order valence-electron chi connectivity index (χ4n) is 7.54. The van der Waals surface area contributed by atoms with Crippen molar-refractivity contribution in [3.8, 4) is 0 Å². The van der Waals surface area contributed by atoms with E-state index in [-0.39, 0.29) is 40.7 Å². The fraction of sp³-hybridized carbons (Fsp3) is 0.818. The Kier molecular flexibility index (Phi) is 3.88. The minimum Gasteiger partial charge on any atom is -0.462 e. The molecular formula is C22H32O4. The highest BCUT2D eigenvalue weighted by Crippen LogP contribution is 2.69. The first kappa shape index (κ1) is 18.1. The first-order valence-corrected chi connectivity index (χ1v) is 10.2. The van der Waals surface area contributed by atoms with Gasteiger partial charge in [-0.15, -0.1) is 0 Å². The summed E-state index contributed by atoms with van der Waals surface area (Å²) in [7, 11) is 0. The zero-order valence-electron chi connectivity index (χ0n) is 16.8. The number of fused-ring (bicyclic) bond motifs is 5. The van der Waals surface area contributed by atoms with Crippen molar-refractivity contribution in [3.05, 3.63) is 11.6 Å². The highest BCUT2D eigenvalue weighted by molar-refractivity contribution is 5.91. The van der Waals surface area contributed by atoms with Gasteiger partial charge in [0.2, 0.25) is 0 Å². The first-order chi connectivity index (χ1) is 12.1. The Labute approximate surface area is 156 Å². The summed E-state index contributed by atoms with van der Waals surface area (Å²) in [5.74, 6) is 0.505. The van der Waals surface area contributed by atoms with Crippen LogP contribution in [0.5, 0.6) is 0 Å². The van der Waals surface area contributed by atoms with Crippen LogP contribution in [0, 0.1) is 34.0 Å². The third-order valence-corrected chi connectivity index (χ3v) is 8.43. The third-order valence-electron chi connectivity index (χ3n) is 8.43. The van der Waals surface area contributed by atoms with Gasteiger partial charge in [-0.25, -0.2) is 4.79 Å². The molecule has 0 spiro atoms. The lowest BCUT2D eigenvalue weighted by atomic mass is 9.39. The Balaban J connectivity index is 1.84. The van der Waals surface area contributed by atoms with Gasteiger partial charge in [-0.1, -0.05) is 34.1 Å². The quantitative estimate of drug-likeness (QED) is 0.655. The molecule has 4 heteroatoms. The highest BCUT2D eigenvalue weighted by Gasteiger charge is 2.65. The van der Waals surface area contributed by atoms with E-state index in [1.165, 1.54) is 32.6 Å². The van der Waals surface area contributed by atoms with Crippen LogP contribution < -0.4 is 0 Å². The monoisotopic (exact) mass is 360 g/mol. The van der Waals surface area contributed by atoms with E-state index in [0.717, 1.165) is 12.0 Å². The van der Waals surface area contributed by atoms with E-state index < -0.39 is 0 Å². The van der Waals surface area contributed by atoms with Gasteiger partial charge in [-0.05, 0) is 53.9 Å². The zero-order chi connectivity index (χ0) is 18.9. The van der Waals surface area contributed by atoms with Crippen molar-refractivity contribution in [2.45, 2.75) is 72.8 Å². The van der Waals surface area contributed by atoms with Crippen LogP contribution in [-0.4, -0.2) is 24.6 Å². The summed E-state index contributed by atoms with van der Waals surface area (Å²) in [5, 5.41) is 0. The van der Waals surface area contributed by atoms with Gasteiger partial charge in [0.25, 0.3) is 0 Å². The Morgan fingerprint density at radius 3 is 2.58 bits per heavy atom. The minimum atomic E-state index is -0.323. The lowest BCUT2D eigenvalue weighted by molar-refractivity contribution is -0.190. The van der Waals surface area contributed by atoms with Crippen molar-refractivity contribution in [1.82, 2.24) is 0 Å². The largest absolute Gasteiger partial charge is 0.462 e. The van der Waals surface area contributed by atoms with Crippen LogP contribution in [0.4, 0.5) is 0 Å². The van der Waals surface area contributed by atoms with Gasteiger partial charge in [0.1, 0.15) is 6.10 Å². The van der Waals surface area contributed by atoms with E-state index in [2.05, 4.69) is 27.7 Å². The molecule has 4 nitrogen and oxygen atoms in total. The van der Waals surface area contributed by atoms with Crippen LogP contribution in [0.2, 0.25) is 0 Å². The number of esters is 2. The van der Waals surface area contributed by atoms with E-state index in [4.69, 9.17) is 9.47 Å². The number of cyclic esters (lactones) is 1. The highest BCUT2D eigenvalue weighted by atomic mass is 16.5. The molecule has 0 N–H and O–H groups in total. The van der Waals surface area contributed by atoms with Gasteiger partial charge >= 0.3 is 11.9 Å². The summed E-state index contributed by atoms with van der Waals surface area (Å²) in [5.41, 5.74) is 1.10. The molecule has 1 heterocycles. The summed E-state index contributed by atoms with van der Waals surface area (Å²) < 4.78 is 11.3. The molecule has 3 aliphatic carbocycles. The summed E-state index contributed by atoms with van der Waals surface area (Å²) in [4.78, 5) is 24.2. The van der Waals surface area contributed by atoms with E-state index >= 15 is 0 Å². The molecule has 0 radical (unpaired) electrons. The molecule has 1 saturated heterocycles. The summed E-state index contributed by atoms with van der Waals surface area (Å²) in [6, 6.07) is 0. The van der Waals surface area contributed by atoms with Crippen LogP contribution in [0.1, 0.15) is 66.7 Å². The lowest BCUT2D eigenvalue weighted by Gasteiger charge is -2.65. The third kappa shape index (κ3) is 2.33. The lowest BCUT2D eigenvalue weighted by Crippen LogP contribution is -2.62. The predicted octanol–water partition coefficient (Wildman–Crippen LogP) is 4.28. The number of carbonyl (C=O) groups excluding carboxylic acids is 2. The molecule has 2 saturated carbocycles. The van der Waals surface area contributed by atoms with Crippen molar-refractivity contribution >= 4 is 11.9 Å². The molecule has 6 atom stereocenters. The Bertz CT molecular complexity index is 678. The van der Waals surface area contributed by atoms with Crippen LogP contribution in [0.25, 0.3) is 0 Å². The second-order valence-corrected chi connectivity index (χ2v) is 10.3.